The second-order valence-corrected chi connectivity index (χ2v) is 7.24. The Balaban J connectivity index is 1.30. The fourth-order valence-corrected chi connectivity index (χ4v) is 3.47. The molecule has 1 fully saturated rings. The number of carbonyl (C=O) groups is 2. The first-order valence-electron chi connectivity index (χ1n) is 9.82. The molecule has 7 heteroatoms. The number of ether oxygens (including phenoxy) is 1. The number of rotatable bonds is 6. The molecule has 150 valence electrons. The molecule has 0 saturated carbocycles. The van der Waals surface area contributed by atoms with E-state index in [0.29, 0.717) is 17.9 Å². The Bertz CT molecular complexity index is 1020. The summed E-state index contributed by atoms with van der Waals surface area (Å²) in [5.41, 5.74) is 3.36. The van der Waals surface area contributed by atoms with Crippen LogP contribution in [0.5, 0.6) is 5.75 Å². The van der Waals surface area contributed by atoms with Crippen LogP contribution in [0, 0.1) is 6.92 Å². The number of hydrogen-bond donors (Lipinski definition) is 1. The van der Waals surface area contributed by atoms with E-state index in [1.807, 2.05) is 35.9 Å². The van der Waals surface area contributed by atoms with Gasteiger partial charge in [0.05, 0.1) is 12.2 Å². The molecular weight excluding hydrogens is 368 g/mol. The number of imidazole rings is 1. The summed E-state index contributed by atoms with van der Waals surface area (Å²) in [4.78, 5) is 30.6. The van der Waals surface area contributed by atoms with Crippen molar-refractivity contribution >= 4 is 17.5 Å². The van der Waals surface area contributed by atoms with Crippen molar-refractivity contribution < 1.29 is 14.3 Å². The molecule has 29 heavy (non-hydrogen) atoms. The van der Waals surface area contributed by atoms with Gasteiger partial charge in [-0.25, -0.2) is 4.98 Å². The lowest BCUT2D eigenvalue weighted by Crippen LogP contribution is -2.38. The highest BCUT2D eigenvalue weighted by Crippen LogP contribution is 2.16. The second-order valence-electron chi connectivity index (χ2n) is 7.24. The van der Waals surface area contributed by atoms with Crippen LogP contribution in [0.15, 0.2) is 48.8 Å². The SMILES string of the molecule is Cc1cccn2cc(COc3ccc(C(=O)NCC(=O)N4CCCC4)cc3)nc12. The van der Waals surface area contributed by atoms with E-state index in [4.69, 9.17) is 4.74 Å². The van der Waals surface area contributed by atoms with Gasteiger partial charge in [-0.1, -0.05) is 6.07 Å². The van der Waals surface area contributed by atoms with E-state index in [0.717, 1.165) is 42.8 Å². The van der Waals surface area contributed by atoms with Crippen molar-refractivity contribution in [2.24, 2.45) is 0 Å². The molecule has 7 nitrogen and oxygen atoms in total. The molecule has 0 spiro atoms. The maximum Gasteiger partial charge on any atom is 0.251 e. The van der Waals surface area contributed by atoms with Gasteiger partial charge in [-0.2, -0.15) is 0 Å². The fraction of sp³-hybridized carbons (Fsp3) is 0.318. The molecule has 1 aromatic carbocycles. The minimum Gasteiger partial charge on any atom is -0.487 e. The third-order valence-corrected chi connectivity index (χ3v) is 5.09. The van der Waals surface area contributed by atoms with Crippen molar-refractivity contribution in [1.82, 2.24) is 19.6 Å². The van der Waals surface area contributed by atoms with E-state index in [2.05, 4.69) is 10.3 Å². The number of benzene rings is 1. The maximum absolute atomic E-state index is 12.3. The number of likely N-dealkylation sites (tertiary alicyclic amines) is 1. The highest BCUT2D eigenvalue weighted by molar-refractivity contribution is 5.96. The van der Waals surface area contributed by atoms with Crippen LogP contribution in [-0.4, -0.2) is 45.7 Å². The van der Waals surface area contributed by atoms with Gasteiger partial charge in [0.1, 0.15) is 18.0 Å². The molecule has 1 aliphatic rings. The average molecular weight is 392 g/mol. The monoisotopic (exact) mass is 392 g/mol. The highest BCUT2D eigenvalue weighted by Gasteiger charge is 2.18. The number of nitrogens with one attached hydrogen (secondary N) is 1. The van der Waals surface area contributed by atoms with Crippen LogP contribution in [-0.2, 0) is 11.4 Å². The summed E-state index contributed by atoms with van der Waals surface area (Å²) in [5, 5.41) is 2.69. The first-order chi connectivity index (χ1) is 14.1. The van der Waals surface area contributed by atoms with Gasteiger partial charge in [0.15, 0.2) is 0 Å². The molecule has 0 unspecified atom stereocenters. The molecule has 2 amide bonds. The van der Waals surface area contributed by atoms with Crippen molar-refractivity contribution in [3.63, 3.8) is 0 Å². The minimum absolute atomic E-state index is 0.0292. The maximum atomic E-state index is 12.3. The number of pyridine rings is 1. The predicted molar refractivity (Wildman–Crippen MR) is 109 cm³/mol. The van der Waals surface area contributed by atoms with Crippen LogP contribution in [0.4, 0.5) is 0 Å². The quantitative estimate of drug-likeness (QED) is 0.700. The van der Waals surface area contributed by atoms with Crippen molar-refractivity contribution in [3.8, 4) is 5.75 Å². The number of amides is 2. The zero-order valence-corrected chi connectivity index (χ0v) is 16.4. The molecule has 0 aliphatic carbocycles. The van der Waals surface area contributed by atoms with Crippen LogP contribution in [0.2, 0.25) is 0 Å². The lowest BCUT2D eigenvalue weighted by Gasteiger charge is -2.15. The second kappa shape index (κ2) is 8.34. The lowest BCUT2D eigenvalue weighted by molar-refractivity contribution is -0.129. The number of carbonyl (C=O) groups excluding carboxylic acids is 2. The molecule has 1 saturated heterocycles. The van der Waals surface area contributed by atoms with Gasteiger partial charge >= 0.3 is 0 Å². The number of aromatic nitrogens is 2. The van der Waals surface area contributed by atoms with E-state index in [1.54, 1.807) is 29.2 Å². The molecule has 0 bridgehead atoms. The Morgan fingerprint density at radius 2 is 1.90 bits per heavy atom. The zero-order valence-electron chi connectivity index (χ0n) is 16.4. The van der Waals surface area contributed by atoms with Gasteiger partial charge in [-0.05, 0) is 55.7 Å². The summed E-state index contributed by atoms with van der Waals surface area (Å²) < 4.78 is 7.77. The largest absolute Gasteiger partial charge is 0.487 e. The average Bonchev–Trinajstić information content (AvgIpc) is 3.41. The predicted octanol–water partition coefficient (Wildman–Crippen LogP) is 2.57. The Hall–Kier alpha value is -3.35. The number of hydrogen-bond acceptors (Lipinski definition) is 4. The number of aryl methyl sites for hydroxylation is 1. The summed E-state index contributed by atoms with van der Waals surface area (Å²) in [6.07, 6.45) is 5.98. The summed E-state index contributed by atoms with van der Waals surface area (Å²) in [6, 6.07) is 10.9. The summed E-state index contributed by atoms with van der Waals surface area (Å²) in [7, 11) is 0. The van der Waals surface area contributed by atoms with Crippen molar-refractivity contribution in [2.45, 2.75) is 26.4 Å². The molecule has 2 aromatic heterocycles. The molecule has 3 heterocycles. The van der Waals surface area contributed by atoms with Crippen molar-refractivity contribution in [3.05, 3.63) is 65.6 Å². The van der Waals surface area contributed by atoms with E-state index in [-0.39, 0.29) is 18.4 Å². The molecule has 4 rings (SSSR count). The van der Waals surface area contributed by atoms with Gasteiger partial charge in [0.25, 0.3) is 5.91 Å². The van der Waals surface area contributed by atoms with Gasteiger partial charge in [0, 0.05) is 31.0 Å². The number of fused-ring (bicyclic) bond motifs is 1. The lowest BCUT2D eigenvalue weighted by atomic mass is 10.2. The molecule has 3 aromatic rings. The Kier molecular flexibility index (Phi) is 5.46. The highest BCUT2D eigenvalue weighted by atomic mass is 16.5. The van der Waals surface area contributed by atoms with Gasteiger partial charge < -0.3 is 19.4 Å². The van der Waals surface area contributed by atoms with Crippen LogP contribution in [0.25, 0.3) is 5.65 Å². The zero-order chi connectivity index (χ0) is 20.2. The number of nitrogens with zero attached hydrogens (tertiary/aromatic N) is 3. The van der Waals surface area contributed by atoms with E-state index in [9.17, 15) is 9.59 Å². The van der Waals surface area contributed by atoms with Crippen molar-refractivity contribution in [1.29, 1.82) is 0 Å². The Labute approximate surface area is 169 Å². The third-order valence-electron chi connectivity index (χ3n) is 5.09. The van der Waals surface area contributed by atoms with Crippen LogP contribution in [0.3, 0.4) is 0 Å². The van der Waals surface area contributed by atoms with E-state index in [1.165, 1.54) is 0 Å². The Morgan fingerprint density at radius 1 is 1.14 bits per heavy atom. The topological polar surface area (TPSA) is 75.9 Å². The summed E-state index contributed by atoms with van der Waals surface area (Å²) >= 11 is 0. The van der Waals surface area contributed by atoms with Crippen LogP contribution < -0.4 is 10.1 Å². The third kappa shape index (κ3) is 4.39. The van der Waals surface area contributed by atoms with E-state index >= 15 is 0 Å². The fourth-order valence-electron chi connectivity index (χ4n) is 3.47. The van der Waals surface area contributed by atoms with Crippen LogP contribution >= 0.6 is 0 Å². The molecule has 0 atom stereocenters. The van der Waals surface area contributed by atoms with Crippen LogP contribution in [0.1, 0.15) is 34.5 Å². The minimum atomic E-state index is -0.264. The standard InChI is InChI=1S/C22H24N4O3/c1-16-5-4-12-26-14-18(24-21(16)26)15-29-19-8-6-17(7-9-19)22(28)23-13-20(27)25-10-2-3-11-25/h4-9,12,14H,2-3,10-11,13,15H2,1H3,(H,23,28). The molecule has 1 aliphatic heterocycles. The smallest absolute Gasteiger partial charge is 0.251 e. The summed E-state index contributed by atoms with van der Waals surface area (Å²) in [6.45, 7) is 3.97. The van der Waals surface area contributed by atoms with Gasteiger partial charge in [-0.15, -0.1) is 0 Å². The normalized spacial score (nSPS) is 13.6. The van der Waals surface area contributed by atoms with Gasteiger partial charge in [0.2, 0.25) is 5.91 Å². The first-order valence-corrected chi connectivity index (χ1v) is 9.82. The van der Waals surface area contributed by atoms with E-state index < -0.39 is 0 Å². The summed E-state index contributed by atoms with van der Waals surface area (Å²) in [5.74, 6) is 0.363. The van der Waals surface area contributed by atoms with Crippen molar-refractivity contribution in [2.75, 3.05) is 19.6 Å². The molecule has 1 N–H and O–H groups in total. The Morgan fingerprint density at radius 3 is 2.62 bits per heavy atom. The first kappa shape index (κ1) is 19.0. The molecular formula is C22H24N4O3. The van der Waals surface area contributed by atoms with Gasteiger partial charge in [-0.3, -0.25) is 9.59 Å². The molecule has 0 radical (unpaired) electrons.